The molecule has 0 aromatic heterocycles. The minimum Gasteiger partial charge on any atom is -0.493 e. The number of alkyl halides is 3. The average Bonchev–Trinajstić information content (AvgIpc) is 3.09. The summed E-state index contributed by atoms with van der Waals surface area (Å²) in [5.74, 6) is 0.658. The Bertz CT molecular complexity index is 681. The number of halogens is 3. The zero-order chi connectivity index (χ0) is 19.5. The average molecular weight is 386 g/mol. The molecule has 1 aliphatic carbocycles. The van der Waals surface area contributed by atoms with Crippen molar-refractivity contribution >= 4 is 5.91 Å². The van der Waals surface area contributed by atoms with Crippen molar-refractivity contribution in [2.24, 2.45) is 11.3 Å². The van der Waals surface area contributed by atoms with Crippen molar-refractivity contribution < 1.29 is 27.4 Å². The highest BCUT2D eigenvalue weighted by Gasteiger charge is 2.49. The van der Waals surface area contributed by atoms with Gasteiger partial charge in [0, 0.05) is 13.1 Å². The summed E-state index contributed by atoms with van der Waals surface area (Å²) in [7, 11) is 1.37. The second-order valence-corrected chi connectivity index (χ2v) is 7.30. The van der Waals surface area contributed by atoms with Gasteiger partial charge in [0.25, 0.3) is 0 Å². The van der Waals surface area contributed by atoms with Gasteiger partial charge in [-0.15, -0.1) is 0 Å². The third-order valence-corrected chi connectivity index (χ3v) is 5.56. The molecule has 150 valence electrons. The minimum atomic E-state index is -4.41. The molecule has 0 unspecified atom stereocenters. The highest BCUT2D eigenvalue weighted by molar-refractivity contribution is 5.83. The van der Waals surface area contributed by atoms with Gasteiger partial charge in [0.1, 0.15) is 0 Å². The van der Waals surface area contributed by atoms with Gasteiger partial charge in [0.2, 0.25) is 5.91 Å². The first kappa shape index (κ1) is 19.8. The van der Waals surface area contributed by atoms with Gasteiger partial charge < -0.3 is 20.1 Å². The topological polar surface area (TPSA) is 59.6 Å². The highest BCUT2D eigenvalue weighted by atomic mass is 19.4. The number of methoxy groups -OCH3 is 1. The van der Waals surface area contributed by atoms with E-state index in [9.17, 15) is 18.0 Å². The molecule has 1 aromatic carbocycles. The second-order valence-electron chi connectivity index (χ2n) is 7.30. The van der Waals surface area contributed by atoms with Crippen LogP contribution in [0.5, 0.6) is 11.5 Å². The van der Waals surface area contributed by atoms with Crippen LogP contribution in [0.4, 0.5) is 13.2 Å². The molecule has 1 aliphatic heterocycles. The summed E-state index contributed by atoms with van der Waals surface area (Å²) in [5, 5.41) is 6.35. The van der Waals surface area contributed by atoms with E-state index in [-0.39, 0.29) is 22.8 Å². The predicted octanol–water partition coefficient (Wildman–Crippen LogP) is 3.03. The van der Waals surface area contributed by atoms with E-state index < -0.39 is 12.8 Å². The molecule has 0 bridgehead atoms. The molecule has 2 fully saturated rings. The molecule has 1 saturated heterocycles. The summed E-state index contributed by atoms with van der Waals surface area (Å²) >= 11 is 0. The monoisotopic (exact) mass is 386 g/mol. The van der Waals surface area contributed by atoms with Gasteiger partial charge in [-0.25, -0.2) is 0 Å². The SMILES string of the molecule is COc1cc(CNC(=O)[C@@]23CCCC[C@H]2CNC3)ccc1OCC(F)(F)F. The molecule has 1 saturated carbocycles. The molecule has 3 rings (SSSR count). The normalized spacial score (nSPS) is 25.0. The van der Waals surface area contributed by atoms with Gasteiger partial charge in [0.05, 0.1) is 12.5 Å². The van der Waals surface area contributed by atoms with Crippen LogP contribution in [0.3, 0.4) is 0 Å². The number of rotatable bonds is 6. The summed E-state index contributed by atoms with van der Waals surface area (Å²) in [6.07, 6.45) is -0.227. The molecule has 1 aromatic rings. The lowest BCUT2D eigenvalue weighted by atomic mass is 9.67. The molecule has 0 spiro atoms. The van der Waals surface area contributed by atoms with Gasteiger partial charge in [-0.05, 0) is 43.0 Å². The summed E-state index contributed by atoms with van der Waals surface area (Å²) in [4.78, 5) is 12.9. The predicted molar refractivity (Wildman–Crippen MR) is 93.7 cm³/mol. The van der Waals surface area contributed by atoms with Crippen molar-refractivity contribution in [3.63, 3.8) is 0 Å². The van der Waals surface area contributed by atoms with Crippen molar-refractivity contribution in [3.8, 4) is 11.5 Å². The quantitative estimate of drug-likeness (QED) is 0.789. The molecule has 2 N–H and O–H groups in total. The Labute approximate surface area is 156 Å². The van der Waals surface area contributed by atoms with E-state index in [1.165, 1.54) is 13.2 Å². The number of amides is 1. The second kappa shape index (κ2) is 7.96. The summed E-state index contributed by atoms with van der Waals surface area (Å²) in [5.41, 5.74) is 0.409. The number of carbonyl (C=O) groups is 1. The van der Waals surface area contributed by atoms with E-state index in [0.29, 0.717) is 19.0 Å². The van der Waals surface area contributed by atoms with Crippen LogP contribution in [0.2, 0.25) is 0 Å². The Kier molecular flexibility index (Phi) is 5.83. The number of hydrogen-bond donors (Lipinski definition) is 2. The van der Waals surface area contributed by atoms with Crippen molar-refractivity contribution in [1.82, 2.24) is 10.6 Å². The van der Waals surface area contributed by atoms with Gasteiger partial charge >= 0.3 is 6.18 Å². The summed E-state index contributed by atoms with van der Waals surface area (Å²) in [6.45, 7) is 0.503. The lowest BCUT2D eigenvalue weighted by molar-refractivity contribution is -0.153. The number of ether oxygens (including phenoxy) is 2. The lowest BCUT2D eigenvalue weighted by Crippen LogP contribution is -2.47. The van der Waals surface area contributed by atoms with Crippen LogP contribution in [0, 0.1) is 11.3 Å². The first-order chi connectivity index (χ1) is 12.8. The van der Waals surface area contributed by atoms with E-state index in [1.54, 1.807) is 12.1 Å². The molecule has 1 heterocycles. The van der Waals surface area contributed by atoms with E-state index in [2.05, 4.69) is 10.6 Å². The molecule has 27 heavy (non-hydrogen) atoms. The fourth-order valence-electron chi connectivity index (χ4n) is 4.15. The number of hydrogen-bond acceptors (Lipinski definition) is 4. The van der Waals surface area contributed by atoms with Gasteiger partial charge in [-0.2, -0.15) is 13.2 Å². The maximum atomic E-state index is 12.9. The largest absolute Gasteiger partial charge is 0.493 e. The lowest BCUT2D eigenvalue weighted by Gasteiger charge is -2.37. The number of benzene rings is 1. The van der Waals surface area contributed by atoms with Crippen LogP contribution in [0.25, 0.3) is 0 Å². The molecule has 0 radical (unpaired) electrons. The highest BCUT2D eigenvalue weighted by Crippen LogP contribution is 2.44. The van der Waals surface area contributed by atoms with E-state index in [4.69, 9.17) is 9.47 Å². The zero-order valence-corrected chi connectivity index (χ0v) is 15.3. The van der Waals surface area contributed by atoms with E-state index in [0.717, 1.165) is 37.8 Å². The van der Waals surface area contributed by atoms with Crippen molar-refractivity contribution in [2.75, 3.05) is 26.8 Å². The van der Waals surface area contributed by atoms with Gasteiger partial charge in [-0.1, -0.05) is 18.9 Å². The number of carbonyl (C=O) groups excluding carboxylic acids is 1. The maximum absolute atomic E-state index is 12.9. The standard InChI is InChI=1S/C19H25F3N2O3/c1-26-16-8-13(5-6-15(16)27-12-19(20,21)22)9-24-17(25)18-7-3-2-4-14(18)10-23-11-18/h5-6,8,14,23H,2-4,7,9-12H2,1H3,(H,24,25)/t14-,18+/m0/s1. The fourth-order valence-corrected chi connectivity index (χ4v) is 4.15. The number of fused-ring (bicyclic) bond motifs is 1. The van der Waals surface area contributed by atoms with Crippen LogP contribution in [0.15, 0.2) is 18.2 Å². The molecule has 5 nitrogen and oxygen atoms in total. The Balaban J connectivity index is 1.63. The summed E-state index contributed by atoms with van der Waals surface area (Å²) < 4.78 is 46.9. The molecule has 1 amide bonds. The molecular formula is C19H25F3N2O3. The van der Waals surface area contributed by atoms with Gasteiger partial charge in [-0.3, -0.25) is 4.79 Å². The third-order valence-electron chi connectivity index (χ3n) is 5.56. The molecule has 8 heteroatoms. The van der Waals surface area contributed by atoms with Crippen LogP contribution in [-0.4, -0.2) is 38.9 Å². The first-order valence-electron chi connectivity index (χ1n) is 9.19. The molecule has 2 atom stereocenters. The summed E-state index contributed by atoms with van der Waals surface area (Å²) in [6, 6.07) is 4.66. The van der Waals surface area contributed by atoms with Crippen molar-refractivity contribution in [2.45, 2.75) is 38.4 Å². The number of nitrogens with one attached hydrogen (secondary N) is 2. The van der Waals surface area contributed by atoms with E-state index >= 15 is 0 Å². The van der Waals surface area contributed by atoms with Gasteiger partial charge in [0.15, 0.2) is 18.1 Å². The van der Waals surface area contributed by atoms with E-state index in [1.807, 2.05) is 0 Å². The van der Waals surface area contributed by atoms with Crippen LogP contribution in [0.1, 0.15) is 31.2 Å². The molecular weight excluding hydrogens is 361 g/mol. The Morgan fingerprint density at radius 3 is 2.89 bits per heavy atom. The Hall–Kier alpha value is -1.96. The van der Waals surface area contributed by atoms with Crippen molar-refractivity contribution in [1.29, 1.82) is 0 Å². The fraction of sp³-hybridized carbons (Fsp3) is 0.632. The van der Waals surface area contributed by atoms with Crippen molar-refractivity contribution in [3.05, 3.63) is 23.8 Å². The van der Waals surface area contributed by atoms with Crippen LogP contribution < -0.4 is 20.1 Å². The van der Waals surface area contributed by atoms with Crippen LogP contribution in [-0.2, 0) is 11.3 Å². The zero-order valence-electron chi connectivity index (χ0n) is 15.3. The minimum absolute atomic E-state index is 0.0239. The third kappa shape index (κ3) is 4.48. The Morgan fingerprint density at radius 1 is 1.33 bits per heavy atom. The Morgan fingerprint density at radius 2 is 2.15 bits per heavy atom. The maximum Gasteiger partial charge on any atom is 0.422 e. The van der Waals surface area contributed by atoms with Crippen LogP contribution >= 0.6 is 0 Å². The molecule has 2 aliphatic rings. The first-order valence-corrected chi connectivity index (χ1v) is 9.19. The smallest absolute Gasteiger partial charge is 0.422 e.